The molecule has 1 aliphatic rings. The lowest BCUT2D eigenvalue weighted by atomic mass is 9.97. The van der Waals surface area contributed by atoms with Crippen LogP contribution in [0.3, 0.4) is 0 Å². The van der Waals surface area contributed by atoms with E-state index in [1.165, 1.54) is 12.8 Å². The zero-order valence-electron chi connectivity index (χ0n) is 13.1. The van der Waals surface area contributed by atoms with E-state index in [1.807, 2.05) is 13.0 Å². The molecular formula is C16H25Cl2N3. The number of hydrogen-bond donors (Lipinski definition) is 1. The molecule has 1 aliphatic heterocycles. The summed E-state index contributed by atoms with van der Waals surface area (Å²) in [4.78, 5) is 6.77. The summed E-state index contributed by atoms with van der Waals surface area (Å²) in [6, 6.07) is 2.44. The highest BCUT2D eigenvalue weighted by atomic mass is 35.5. The van der Waals surface area contributed by atoms with Crippen LogP contribution in [0.25, 0.3) is 0 Å². The van der Waals surface area contributed by atoms with Gasteiger partial charge < -0.3 is 5.32 Å². The predicted octanol–water partition coefficient (Wildman–Crippen LogP) is 3.91. The number of rotatable bonds is 5. The van der Waals surface area contributed by atoms with Gasteiger partial charge in [0.2, 0.25) is 0 Å². The normalized spacial score (nSPS) is 20.2. The third-order valence-electron chi connectivity index (χ3n) is 3.95. The molecule has 1 N–H and O–H groups in total. The molecule has 21 heavy (non-hydrogen) atoms. The first-order valence-electron chi connectivity index (χ1n) is 7.73. The standard InChI is InChI=1S/C16H25Cl2N3/c1-11(2)19-8-13-5-4-6-21(9-13)10-14-15(17)7-12(3)20-16(14)18/h7,11,13,19H,4-6,8-10H2,1-3H3. The Morgan fingerprint density at radius 3 is 2.86 bits per heavy atom. The number of aromatic nitrogens is 1. The summed E-state index contributed by atoms with van der Waals surface area (Å²) in [5, 5.41) is 4.81. The molecule has 1 fully saturated rings. The summed E-state index contributed by atoms with van der Waals surface area (Å²) in [5.74, 6) is 0.706. The number of hydrogen-bond acceptors (Lipinski definition) is 3. The Balaban J connectivity index is 1.96. The fourth-order valence-electron chi connectivity index (χ4n) is 2.85. The first-order chi connectivity index (χ1) is 9.95. The van der Waals surface area contributed by atoms with Crippen molar-refractivity contribution in [2.75, 3.05) is 19.6 Å². The second-order valence-electron chi connectivity index (χ2n) is 6.32. The lowest BCUT2D eigenvalue weighted by molar-refractivity contribution is 0.164. The van der Waals surface area contributed by atoms with Gasteiger partial charge in [-0.05, 0) is 44.8 Å². The predicted molar refractivity (Wildman–Crippen MR) is 90.1 cm³/mol. The number of nitrogens with one attached hydrogen (secondary N) is 1. The molecule has 0 aliphatic carbocycles. The van der Waals surface area contributed by atoms with Crippen LogP contribution in [0.4, 0.5) is 0 Å². The number of pyridine rings is 1. The van der Waals surface area contributed by atoms with Gasteiger partial charge in [-0.2, -0.15) is 0 Å². The van der Waals surface area contributed by atoms with Gasteiger partial charge in [-0.3, -0.25) is 4.90 Å². The van der Waals surface area contributed by atoms with Crippen molar-refractivity contribution in [1.82, 2.24) is 15.2 Å². The summed E-state index contributed by atoms with van der Waals surface area (Å²) in [7, 11) is 0. The molecule has 0 radical (unpaired) electrons. The number of likely N-dealkylation sites (tertiary alicyclic amines) is 1. The summed E-state index contributed by atoms with van der Waals surface area (Å²) in [5.41, 5.74) is 1.83. The number of halogens is 2. The fraction of sp³-hybridized carbons (Fsp3) is 0.688. The Hall–Kier alpha value is -0.350. The molecule has 2 rings (SSSR count). The van der Waals surface area contributed by atoms with Crippen LogP contribution < -0.4 is 5.32 Å². The Bertz CT molecular complexity index is 454. The molecule has 1 unspecified atom stereocenters. The molecule has 0 amide bonds. The Morgan fingerprint density at radius 1 is 1.43 bits per heavy atom. The van der Waals surface area contributed by atoms with Crippen LogP contribution >= 0.6 is 23.2 Å². The van der Waals surface area contributed by atoms with Gasteiger partial charge >= 0.3 is 0 Å². The van der Waals surface area contributed by atoms with E-state index < -0.39 is 0 Å². The van der Waals surface area contributed by atoms with Crippen LogP contribution in [-0.2, 0) is 6.54 Å². The van der Waals surface area contributed by atoms with Gasteiger partial charge in [0.25, 0.3) is 0 Å². The van der Waals surface area contributed by atoms with Gasteiger partial charge in [0.1, 0.15) is 5.15 Å². The van der Waals surface area contributed by atoms with Crippen molar-refractivity contribution in [2.24, 2.45) is 5.92 Å². The molecule has 1 atom stereocenters. The van der Waals surface area contributed by atoms with E-state index in [4.69, 9.17) is 23.2 Å². The lowest BCUT2D eigenvalue weighted by Gasteiger charge is -2.33. The van der Waals surface area contributed by atoms with Crippen molar-refractivity contribution < 1.29 is 0 Å². The largest absolute Gasteiger partial charge is 0.314 e. The van der Waals surface area contributed by atoms with E-state index >= 15 is 0 Å². The van der Waals surface area contributed by atoms with E-state index in [0.717, 1.165) is 42.5 Å². The Kier molecular flexibility index (Phi) is 6.30. The van der Waals surface area contributed by atoms with Crippen LogP contribution in [0.2, 0.25) is 10.2 Å². The average Bonchev–Trinajstić information content (AvgIpc) is 2.41. The quantitative estimate of drug-likeness (QED) is 0.830. The Labute approximate surface area is 138 Å². The topological polar surface area (TPSA) is 28.2 Å². The van der Waals surface area contributed by atoms with Crippen molar-refractivity contribution in [3.8, 4) is 0 Å². The van der Waals surface area contributed by atoms with E-state index in [2.05, 4.69) is 29.0 Å². The summed E-state index contributed by atoms with van der Waals surface area (Å²) < 4.78 is 0. The van der Waals surface area contributed by atoms with E-state index in [-0.39, 0.29) is 0 Å². The summed E-state index contributed by atoms with van der Waals surface area (Å²) in [6.07, 6.45) is 2.53. The van der Waals surface area contributed by atoms with E-state index in [1.54, 1.807) is 0 Å². The smallest absolute Gasteiger partial charge is 0.135 e. The first kappa shape index (κ1) is 17.0. The highest BCUT2D eigenvalue weighted by Crippen LogP contribution is 2.27. The van der Waals surface area contributed by atoms with Gasteiger partial charge in [0.15, 0.2) is 0 Å². The van der Waals surface area contributed by atoms with Crippen molar-refractivity contribution in [1.29, 1.82) is 0 Å². The van der Waals surface area contributed by atoms with Gasteiger partial charge in [-0.15, -0.1) is 0 Å². The third-order valence-corrected chi connectivity index (χ3v) is 4.60. The molecule has 5 heteroatoms. The number of piperidine rings is 1. The highest BCUT2D eigenvalue weighted by molar-refractivity contribution is 6.35. The SMILES string of the molecule is Cc1cc(Cl)c(CN2CCCC(CNC(C)C)C2)c(Cl)n1. The molecule has 0 saturated carbocycles. The second-order valence-corrected chi connectivity index (χ2v) is 7.09. The molecule has 3 nitrogen and oxygen atoms in total. The fourth-order valence-corrected chi connectivity index (χ4v) is 3.50. The monoisotopic (exact) mass is 329 g/mol. The highest BCUT2D eigenvalue weighted by Gasteiger charge is 2.21. The minimum Gasteiger partial charge on any atom is -0.314 e. The molecule has 1 saturated heterocycles. The molecule has 118 valence electrons. The van der Waals surface area contributed by atoms with Crippen molar-refractivity contribution in [3.63, 3.8) is 0 Å². The molecule has 0 spiro atoms. The van der Waals surface area contributed by atoms with Crippen LogP contribution in [0, 0.1) is 12.8 Å². The van der Waals surface area contributed by atoms with Crippen LogP contribution in [0.5, 0.6) is 0 Å². The van der Waals surface area contributed by atoms with Gasteiger partial charge in [-0.25, -0.2) is 4.98 Å². The van der Waals surface area contributed by atoms with Crippen molar-refractivity contribution in [2.45, 2.75) is 46.2 Å². The molecule has 2 heterocycles. The maximum atomic E-state index is 6.33. The molecule has 1 aromatic heterocycles. The molecular weight excluding hydrogens is 305 g/mol. The van der Waals surface area contributed by atoms with Crippen LogP contribution in [-0.4, -0.2) is 35.6 Å². The average molecular weight is 330 g/mol. The lowest BCUT2D eigenvalue weighted by Crippen LogP contribution is -2.40. The van der Waals surface area contributed by atoms with Crippen LogP contribution in [0.1, 0.15) is 37.9 Å². The van der Waals surface area contributed by atoms with Crippen LogP contribution in [0.15, 0.2) is 6.07 Å². The zero-order valence-corrected chi connectivity index (χ0v) is 14.6. The maximum absolute atomic E-state index is 6.33. The minimum absolute atomic E-state index is 0.544. The van der Waals surface area contributed by atoms with Crippen molar-refractivity contribution in [3.05, 3.63) is 27.5 Å². The molecule has 0 bridgehead atoms. The molecule has 0 aromatic carbocycles. The van der Waals surface area contributed by atoms with E-state index in [0.29, 0.717) is 17.1 Å². The zero-order chi connectivity index (χ0) is 15.4. The summed E-state index contributed by atoms with van der Waals surface area (Å²) >= 11 is 12.6. The van der Waals surface area contributed by atoms with Gasteiger partial charge in [-0.1, -0.05) is 37.0 Å². The van der Waals surface area contributed by atoms with Crippen molar-refractivity contribution >= 4 is 23.2 Å². The number of aryl methyl sites for hydroxylation is 1. The second kappa shape index (κ2) is 7.77. The minimum atomic E-state index is 0.544. The van der Waals surface area contributed by atoms with E-state index in [9.17, 15) is 0 Å². The number of nitrogens with zero attached hydrogens (tertiary/aromatic N) is 2. The van der Waals surface area contributed by atoms with Gasteiger partial charge in [0, 0.05) is 35.4 Å². The van der Waals surface area contributed by atoms with Gasteiger partial charge in [0.05, 0.1) is 0 Å². The molecule has 1 aromatic rings. The third kappa shape index (κ3) is 5.10. The Morgan fingerprint density at radius 2 is 2.19 bits per heavy atom. The first-order valence-corrected chi connectivity index (χ1v) is 8.48. The summed E-state index contributed by atoms with van der Waals surface area (Å²) in [6.45, 7) is 10.4. The maximum Gasteiger partial charge on any atom is 0.135 e.